The van der Waals surface area contributed by atoms with Crippen LogP contribution in [-0.4, -0.2) is 10.2 Å². The highest BCUT2D eigenvalue weighted by Crippen LogP contribution is 2.36. The average Bonchev–Trinajstić information content (AvgIpc) is 2.96. The van der Waals surface area contributed by atoms with Gasteiger partial charge in [-0.1, -0.05) is 60.4 Å². The van der Waals surface area contributed by atoms with Crippen molar-refractivity contribution in [2.24, 2.45) is 0 Å². The summed E-state index contributed by atoms with van der Waals surface area (Å²) < 4.78 is 19.7. The molecule has 0 bridgehead atoms. The number of thioether (sulfide) groups is 1. The van der Waals surface area contributed by atoms with Gasteiger partial charge < -0.3 is 4.74 Å². The van der Waals surface area contributed by atoms with Crippen LogP contribution in [0.4, 0.5) is 10.1 Å². The molecular weight excluding hydrogens is 393 g/mol. The lowest BCUT2D eigenvalue weighted by atomic mass is 10.2. The Morgan fingerprint density at radius 1 is 0.929 bits per heavy atom. The lowest BCUT2D eigenvalue weighted by Crippen LogP contribution is -2.27. The van der Waals surface area contributed by atoms with Gasteiger partial charge in [-0.25, -0.2) is 4.39 Å². The molecule has 0 aromatic heterocycles. The summed E-state index contributed by atoms with van der Waals surface area (Å²) >= 11 is 6.52. The van der Waals surface area contributed by atoms with Gasteiger partial charge in [0.05, 0.1) is 10.6 Å². The van der Waals surface area contributed by atoms with E-state index in [0.29, 0.717) is 20.7 Å². The van der Waals surface area contributed by atoms with Crippen LogP contribution in [0.15, 0.2) is 83.8 Å². The minimum Gasteiger partial charge on any atom is -0.457 e. The van der Waals surface area contributed by atoms with Crippen LogP contribution in [0.5, 0.6) is 11.5 Å². The van der Waals surface area contributed by atoms with Gasteiger partial charge in [0.1, 0.15) is 17.3 Å². The third kappa shape index (κ3) is 3.98. The Morgan fingerprint density at radius 3 is 2.46 bits per heavy atom. The zero-order valence-corrected chi connectivity index (χ0v) is 16.2. The van der Waals surface area contributed by atoms with Crippen LogP contribution < -0.4 is 9.64 Å². The molecule has 6 heteroatoms. The number of benzene rings is 3. The minimum atomic E-state index is -0.415. The molecular formula is C22H14FNO2S2. The molecule has 0 N–H and O–H groups in total. The highest BCUT2D eigenvalue weighted by Gasteiger charge is 2.33. The van der Waals surface area contributed by atoms with E-state index in [-0.39, 0.29) is 5.91 Å². The van der Waals surface area contributed by atoms with Gasteiger partial charge in [-0.15, -0.1) is 0 Å². The number of nitrogens with zero attached hydrogens (tertiary/aromatic N) is 1. The van der Waals surface area contributed by atoms with Crippen molar-refractivity contribution < 1.29 is 13.9 Å². The first-order chi connectivity index (χ1) is 13.6. The van der Waals surface area contributed by atoms with Crippen molar-refractivity contribution in [3.63, 3.8) is 0 Å². The monoisotopic (exact) mass is 407 g/mol. The van der Waals surface area contributed by atoms with Crippen molar-refractivity contribution in [2.75, 3.05) is 4.90 Å². The van der Waals surface area contributed by atoms with Crippen LogP contribution in [0, 0.1) is 5.82 Å². The van der Waals surface area contributed by atoms with Crippen LogP contribution in [0.3, 0.4) is 0 Å². The largest absolute Gasteiger partial charge is 0.457 e. The number of hydrogen-bond donors (Lipinski definition) is 0. The second-order valence-corrected chi connectivity index (χ2v) is 7.66. The van der Waals surface area contributed by atoms with Gasteiger partial charge in [0.2, 0.25) is 0 Å². The second-order valence-electron chi connectivity index (χ2n) is 5.98. The van der Waals surface area contributed by atoms with Gasteiger partial charge in [0.15, 0.2) is 4.32 Å². The van der Waals surface area contributed by atoms with Crippen LogP contribution >= 0.6 is 24.0 Å². The lowest BCUT2D eigenvalue weighted by Gasteiger charge is -2.14. The maximum atomic E-state index is 13.5. The summed E-state index contributed by atoms with van der Waals surface area (Å²) in [7, 11) is 0. The maximum absolute atomic E-state index is 13.5. The first-order valence-corrected chi connectivity index (χ1v) is 9.69. The van der Waals surface area contributed by atoms with Gasteiger partial charge >= 0.3 is 0 Å². The highest BCUT2D eigenvalue weighted by atomic mass is 32.2. The quantitative estimate of drug-likeness (QED) is 0.390. The van der Waals surface area contributed by atoms with Crippen LogP contribution in [0.1, 0.15) is 5.56 Å². The SMILES string of the molecule is O=C1/C(=C/c2cccc(Oc3ccccc3)c2)SC(=S)N1c1cccc(F)c1. The van der Waals surface area contributed by atoms with Crippen LogP contribution in [0.25, 0.3) is 6.08 Å². The maximum Gasteiger partial charge on any atom is 0.270 e. The van der Waals surface area contributed by atoms with E-state index in [1.165, 1.54) is 28.8 Å². The van der Waals surface area contributed by atoms with Crippen molar-refractivity contribution in [1.29, 1.82) is 0 Å². The zero-order chi connectivity index (χ0) is 19.5. The summed E-state index contributed by atoms with van der Waals surface area (Å²) in [6.45, 7) is 0. The molecule has 3 aromatic rings. The fourth-order valence-electron chi connectivity index (χ4n) is 2.75. The second kappa shape index (κ2) is 7.96. The van der Waals surface area contributed by atoms with Gasteiger partial charge in [0.25, 0.3) is 5.91 Å². The highest BCUT2D eigenvalue weighted by molar-refractivity contribution is 8.27. The van der Waals surface area contributed by atoms with E-state index < -0.39 is 5.82 Å². The smallest absolute Gasteiger partial charge is 0.270 e. The van der Waals surface area contributed by atoms with Crippen molar-refractivity contribution in [3.8, 4) is 11.5 Å². The van der Waals surface area contributed by atoms with Gasteiger partial charge in [-0.3, -0.25) is 9.69 Å². The Kier molecular flexibility index (Phi) is 5.23. The molecule has 0 saturated carbocycles. The normalized spacial score (nSPS) is 15.3. The Labute approximate surface area is 171 Å². The third-order valence-corrected chi connectivity index (χ3v) is 5.30. The molecule has 1 heterocycles. The van der Waals surface area contributed by atoms with Crippen molar-refractivity contribution in [1.82, 2.24) is 0 Å². The molecule has 0 unspecified atom stereocenters. The van der Waals surface area contributed by atoms with Crippen molar-refractivity contribution in [2.45, 2.75) is 0 Å². The number of halogens is 1. The number of ether oxygens (including phenoxy) is 1. The Morgan fingerprint density at radius 2 is 1.68 bits per heavy atom. The summed E-state index contributed by atoms with van der Waals surface area (Å²) in [5.41, 5.74) is 1.24. The molecule has 4 rings (SSSR count). The minimum absolute atomic E-state index is 0.269. The van der Waals surface area contributed by atoms with E-state index in [1.807, 2.05) is 54.6 Å². The molecule has 1 aliphatic heterocycles. The first-order valence-electron chi connectivity index (χ1n) is 8.47. The summed E-state index contributed by atoms with van der Waals surface area (Å²) in [4.78, 5) is 14.6. The number of para-hydroxylation sites is 1. The number of rotatable bonds is 4. The van der Waals surface area contributed by atoms with Crippen LogP contribution in [-0.2, 0) is 4.79 Å². The molecule has 0 atom stereocenters. The molecule has 28 heavy (non-hydrogen) atoms. The molecule has 1 amide bonds. The Bertz CT molecular complexity index is 1080. The fourth-order valence-corrected chi connectivity index (χ4v) is 4.05. The van der Waals surface area contributed by atoms with E-state index in [9.17, 15) is 9.18 Å². The van der Waals surface area contributed by atoms with E-state index in [0.717, 1.165) is 11.3 Å². The summed E-state index contributed by atoms with van der Waals surface area (Å²) in [6, 6.07) is 22.7. The predicted molar refractivity (Wildman–Crippen MR) is 115 cm³/mol. The van der Waals surface area contributed by atoms with Crippen LogP contribution in [0.2, 0.25) is 0 Å². The van der Waals surface area contributed by atoms with Gasteiger partial charge in [-0.05, 0) is 54.1 Å². The molecule has 0 spiro atoms. The molecule has 1 fully saturated rings. The topological polar surface area (TPSA) is 29.5 Å². The Balaban J connectivity index is 1.58. The van der Waals surface area contributed by atoms with Gasteiger partial charge in [0, 0.05) is 0 Å². The molecule has 3 nitrogen and oxygen atoms in total. The number of hydrogen-bond acceptors (Lipinski definition) is 4. The third-order valence-electron chi connectivity index (χ3n) is 3.99. The zero-order valence-electron chi connectivity index (χ0n) is 14.5. The summed E-state index contributed by atoms with van der Waals surface area (Å²) in [6.07, 6.45) is 1.76. The number of amides is 1. The molecule has 0 aliphatic carbocycles. The van der Waals surface area contributed by atoms with E-state index >= 15 is 0 Å². The van der Waals surface area contributed by atoms with Crippen molar-refractivity contribution in [3.05, 3.63) is 95.1 Å². The molecule has 0 radical (unpaired) electrons. The molecule has 1 saturated heterocycles. The van der Waals surface area contributed by atoms with E-state index in [1.54, 1.807) is 18.2 Å². The Hall–Kier alpha value is -2.96. The number of carbonyl (C=O) groups is 1. The molecule has 3 aromatic carbocycles. The fraction of sp³-hybridized carbons (Fsp3) is 0. The summed E-state index contributed by atoms with van der Waals surface area (Å²) in [5, 5.41) is 0. The predicted octanol–water partition coefficient (Wildman–Crippen LogP) is 6.02. The summed E-state index contributed by atoms with van der Waals surface area (Å²) in [5.74, 6) is 0.717. The van der Waals surface area contributed by atoms with E-state index in [2.05, 4.69) is 0 Å². The van der Waals surface area contributed by atoms with E-state index in [4.69, 9.17) is 17.0 Å². The van der Waals surface area contributed by atoms with Gasteiger partial charge in [-0.2, -0.15) is 0 Å². The molecule has 138 valence electrons. The number of thiocarbonyl (C=S) groups is 1. The lowest BCUT2D eigenvalue weighted by molar-refractivity contribution is -0.113. The standard InChI is InChI=1S/C22H14FNO2S2/c23-16-7-5-8-17(14-16)24-21(25)20(28-22(24)27)13-15-6-4-11-19(12-15)26-18-9-2-1-3-10-18/h1-14H/b20-13-. The average molecular weight is 407 g/mol. The number of carbonyl (C=O) groups excluding carboxylic acids is 1. The van der Waals surface area contributed by atoms with Crippen molar-refractivity contribution >= 4 is 46.0 Å². The molecule has 1 aliphatic rings. The number of anilines is 1. The first kappa shape index (κ1) is 18.4.